The number of fused-ring (bicyclic) bond motifs is 1. The Bertz CT molecular complexity index is 1430. The molecular weight excluding hydrogens is 463 g/mol. The van der Waals surface area contributed by atoms with Crippen molar-refractivity contribution in [1.29, 1.82) is 0 Å². The highest BCUT2D eigenvalue weighted by Gasteiger charge is 2.26. The van der Waals surface area contributed by atoms with Crippen LogP contribution in [0.1, 0.15) is 43.7 Å². The van der Waals surface area contributed by atoms with E-state index in [1.165, 1.54) is 23.6 Å². The smallest absolute Gasteiger partial charge is 0.329 e. The van der Waals surface area contributed by atoms with Crippen molar-refractivity contribution >= 4 is 16.9 Å². The number of nitrogens with zero attached hydrogens (tertiary/aromatic N) is 5. The van der Waals surface area contributed by atoms with Gasteiger partial charge in [-0.1, -0.05) is 12.1 Å². The van der Waals surface area contributed by atoms with E-state index in [2.05, 4.69) is 10.2 Å². The van der Waals surface area contributed by atoms with Gasteiger partial charge in [0.25, 0.3) is 5.89 Å². The highest BCUT2D eigenvalue weighted by atomic mass is 19.3. The average Bonchev–Trinajstić information content (AvgIpc) is 3.44. The Morgan fingerprint density at radius 2 is 1.80 bits per heavy atom. The van der Waals surface area contributed by atoms with E-state index in [4.69, 9.17) is 4.42 Å². The van der Waals surface area contributed by atoms with E-state index in [-0.39, 0.29) is 30.1 Å². The van der Waals surface area contributed by atoms with Crippen LogP contribution in [-0.2, 0) is 11.3 Å². The molecule has 0 aliphatic carbocycles. The van der Waals surface area contributed by atoms with Crippen molar-refractivity contribution in [2.45, 2.75) is 38.8 Å². The molecule has 0 N–H and O–H groups in total. The summed E-state index contributed by atoms with van der Waals surface area (Å²) in [6, 6.07) is 10.9. The fourth-order valence-electron chi connectivity index (χ4n) is 4.57. The van der Waals surface area contributed by atoms with Gasteiger partial charge in [-0.15, -0.1) is 10.2 Å². The minimum atomic E-state index is -2.85. The van der Waals surface area contributed by atoms with E-state index in [1.54, 1.807) is 39.8 Å². The Kier molecular flexibility index (Phi) is 5.91. The maximum atomic E-state index is 14.1. The standard InChI is InChI=1S/C24H22F3N5O3/c1-14(33)30-10-8-18(9-11-30)32-19-7-6-17(25)12-20(19)31(24(32)34)13-15-2-4-16(5-3-15)22-28-29-23(35-22)21(26)27/h2-7,12,18,21H,8-11,13H2,1H3. The Morgan fingerprint density at radius 1 is 1.09 bits per heavy atom. The van der Waals surface area contributed by atoms with E-state index in [0.29, 0.717) is 42.5 Å². The highest BCUT2D eigenvalue weighted by molar-refractivity contribution is 5.76. The molecule has 0 bridgehead atoms. The molecule has 1 saturated heterocycles. The predicted molar refractivity (Wildman–Crippen MR) is 120 cm³/mol. The molecular formula is C24H22F3N5O3. The fraction of sp³-hybridized carbons (Fsp3) is 0.333. The van der Waals surface area contributed by atoms with Gasteiger partial charge in [-0.05, 0) is 48.7 Å². The number of carbonyl (C=O) groups is 1. The minimum Gasteiger partial charge on any atom is -0.415 e. The number of rotatable bonds is 5. The zero-order valence-electron chi connectivity index (χ0n) is 18.8. The van der Waals surface area contributed by atoms with Gasteiger partial charge in [0.1, 0.15) is 5.82 Å². The summed E-state index contributed by atoms with van der Waals surface area (Å²) >= 11 is 0. The van der Waals surface area contributed by atoms with Crippen molar-refractivity contribution in [3.63, 3.8) is 0 Å². The number of carbonyl (C=O) groups excluding carboxylic acids is 1. The second-order valence-corrected chi connectivity index (χ2v) is 8.55. The summed E-state index contributed by atoms with van der Waals surface area (Å²) in [6.07, 6.45) is -1.58. The number of benzene rings is 2. The maximum absolute atomic E-state index is 14.1. The van der Waals surface area contributed by atoms with E-state index >= 15 is 0 Å². The van der Waals surface area contributed by atoms with Crippen molar-refractivity contribution in [2.24, 2.45) is 0 Å². The number of halogens is 3. The molecule has 1 aliphatic rings. The van der Waals surface area contributed by atoms with Crippen LogP contribution >= 0.6 is 0 Å². The number of piperidine rings is 1. The normalized spacial score (nSPS) is 14.8. The van der Waals surface area contributed by atoms with Crippen molar-refractivity contribution in [2.75, 3.05) is 13.1 Å². The fourth-order valence-corrected chi connectivity index (χ4v) is 4.57. The molecule has 3 heterocycles. The summed E-state index contributed by atoms with van der Waals surface area (Å²) in [6.45, 7) is 2.84. The minimum absolute atomic E-state index is 0.00898. The second-order valence-electron chi connectivity index (χ2n) is 8.55. The van der Waals surface area contributed by atoms with Gasteiger partial charge in [0, 0.05) is 31.6 Å². The van der Waals surface area contributed by atoms with Gasteiger partial charge in [-0.3, -0.25) is 13.9 Å². The van der Waals surface area contributed by atoms with Gasteiger partial charge < -0.3 is 9.32 Å². The topological polar surface area (TPSA) is 86.2 Å². The number of hydrogen-bond donors (Lipinski definition) is 0. The van der Waals surface area contributed by atoms with Gasteiger partial charge in [0.05, 0.1) is 17.6 Å². The van der Waals surface area contributed by atoms with E-state index in [1.807, 2.05) is 0 Å². The molecule has 4 aromatic rings. The number of imidazole rings is 1. The van der Waals surface area contributed by atoms with Crippen LogP contribution in [0.4, 0.5) is 13.2 Å². The molecule has 0 unspecified atom stereocenters. The number of hydrogen-bond acceptors (Lipinski definition) is 5. The molecule has 0 radical (unpaired) electrons. The lowest BCUT2D eigenvalue weighted by Gasteiger charge is -2.31. The number of likely N-dealkylation sites (tertiary alicyclic amines) is 1. The van der Waals surface area contributed by atoms with Gasteiger partial charge in [-0.2, -0.15) is 8.78 Å². The van der Waals surface area contributed by atoms with Crippen molar-refractivity contribution < 1.29 is 22.4 Å². The molecule has 2 aromatic carbocycles. The molecule has 35 heavy (non-hydrogen) atoms. The van der Waals surface area contributed by atoms with Crippen molar-refractivity contribution in [1.82, 2.24) is 24.2 Å². The third-order valence-electron chi connectivity index (χ3n) is 6.37. The Labute approximate surface area is 197 Å². The lowest BCUT2D eigenvalue weighted by Crippen LogP contribution is -2.40. The molecule has 0 atom stereocenters. The molecule has 182 valence electrons. The van der Waals surface area contributed by atoms with E-state index in [0.717, 1.165) is 5.56 Å². The molecule has 8 nitrogen and oxygen atoms in total. The van der Waals surface area contributed by atoms with Crippen LogP contribution in [0, 0.1) is 5.82 Å². The zero-order chi connectivity index (χ0) is 24.7. The second kappa shape index (κ2) is 9.05. The summed E-state index contributed by atoms with van der Waals surface area (Å²) in [5, 5.41) is 6.96. The van der Waals surface area contributed by atoms with Gasteiger partial charge >= 0.3 is 12.1 Å². The van der Waals surface area contributed by atoms with Crippen LogP contribution in [0.25, 0.3) is 22.5 Å². The predicted octanol–water partition coefficient (Wildman–Crippen LogP) is 4.16. The van der Waals surface area contributed by atoms with E-state index in [9.17, 15) is 22.8 Å². The molecule has 11 heteroatoms. The summed E-state index contributed by atoms with van der Waals surface area (Å²) < 4.78 is 47.8. The lowest BCUT2D eigenvalue weighted by molar-refractivity contribution is -0.130. The maximum Gasteiger partial charge on any atom is 0.329 e. The van der Waals surface area contributed by atoms with Gasteiger partial charge in [0.2, 0.25) is 11.8 Å². The van der Waals surface area contributed by atoms with Crippen molar-refractivity contribution in [3.8, 4) is 11.5 Å². The first-order valence-electron chi connectivity index (χ1n) is 11.2. The van der Waals surface area contributed by atoms with Gasteiger partial charge in [0.15, 0.2) is 0 Å². The van der Waals surface area contributed by atoms with Crippen LogP contribution in [0.5, 0.6) is 0 Å². The molecule has 1 amide bonds. The summed E-state index contributed by atoms with van der Waals surface area (Å²) in [4.78, 5) is 26.9. The van der Waals surface area contributed by atoms with Crippen LogP contribution in [-0.4, -0.2) is 43.2 Å². The number of aromatic nitrogens is 4. The molecule has 1 fully saturated rings. The van der Waals surface area contributed by atoms with Crippen LogP contribution in [0.15, 0.2) is 51.7 Å². The lowest BCUT2D eigenvalue weighted by atomic mass is 10.0. The van der Waals surface area contributed by atoms with E-state index < -0.39 is 18.1 Å². The number of amides is 1. The van der Waals surface area contributed by atoms with Crippen LogP contribution < -0.4 is 5.69 Å². The largest absolute Gasteiger partial charge is 0.415 e. The first kappa shape index (κ1) is 22.9. The first-order chi connectivity index (χ1) is 16.8. The first-order valence-corrected chi connectivity index (χ1v) is 11.2. The molecule has 1 aliphatic heterocycles. The third-order valence-corrected chi connectivity index (χ3v) is 6.37. The summed E-state index contributed by atoms with van der Waals surface area (Å²) in [5.74, 6) is -1.22. The SMILES string of the molecule is CC(=O)N1CCC(n2c(=O)n(Cc3ccc(-c4nnc(C(F)F)o4)cc3)c3cc(F)ccc32)CC1. The Balaban J connectivity index is 1.45. The molecule has 2 aromatic heterocycles. The molecule has 0 spiro atoms. The van der Waals surface area contributed by atoms with Gasteiger partial charge in [-0.25, -0.2) is 9.18 Å². The Hall–Kier alpha value is -3.89. The summed E-state index contributed by atoms with van der Waals surface area (Å²) in [7, 11) is 0. The third kappa shape index (κ3) is 4.33. The quantitative estimate of drug-likeness (QED) is 0.424. The zero-order valence-corrected chi connectivity index (χ0v) is 18.8. The highest BCUT2D eigenvalue weighted by Crippen LogP contribution is 2.27. The monoisotopic (exact) mass is 485 g/mol. The van der Waals surface area contributed by atoms with Crippen LogP contribution in [0.3, 0.4) is 0 Å². The number of alkyl halides is 2. The van der Waals surface area contributed by atoms with Crippen molar-refractivity contribution in [3.05, 3.63) is 70.2 Å². The Morgan fingerprint density at radius 3 is 2.43 bits per heavy atom. The average molecular weight is 485 g/mol. The summed E-state index contributed by atoms with van der Waals surface area (Å²) in [5.41, 5.74) is 2.08. The molecule has 0 saturated carbocycles. The van der Waals surface area contributed by atoms with Crippen LogP contribution in [0.2, 0.25) is 0 Å². The molecule has 5 rings (SSSR count).